The van der Waals surface area contributed by atoms with Crippen LogP contribution in [0.4, 0.5) is 5.69 Å². The largest absolute Gasteiger partial charge is 0.480 e. The number of carbonyl (C=O) groups is 3. The Balaban J connectivity index is 1.17. The van der Waals surface area contributed by atoms with Crippen LogP contribution in [0.1, 0.15) is 99.2 Å². The zero-order valence-corrected chi connectivity index (χ0v) is 29.7. The van der Waals surface area contributed by atoms with Crippen molar-refractivity contribution in [2.45, 2.75) is 96.9 Å². The minimum Gasteiger partial charge on any atom is -0.480 e. The maximum atomic E-state index is 13.1. The van der Waals surface area contributed by atoms with Gasteiger partial charge < -0.3 is 20.6 Å². The van der Waals surface area contributed by atoms with Crippen molar-refractivity contribution < 1.29 is 19.5 Å². The van der Waals surface area contributed by atoms with Gasteiger partial charge in [-0.2, -0.15) is 0 Å². The summed E-state index contributed by atoms with van der Waals surface area (Å²) in [5.41, 5.74) is 2.63. The molecule has 10 heteroatoms. The SMILES string of the molecule is CCC[C@H]1CC[C@H](C2CCN(c3cnc(-c4ccc(C[C@H](NC(=O)c5ccc(C(C)(C)C)s5)C(=O)NCC(=O)O)cc4)nc3)CC2)CC1. The van der Waals surface area contributed by atoms with Gasteiger partial charge in [0.05, 0.1) is 23.0 Å². The van der Waals surface area contributed by atoms with Gasteiger partial charge in [-0.1, -0.05) is 77.6 Å². The lowest BCUT2D eigenvalue weighted by atomic mass is 9.72. The minimum absolute atomic E-state index is 0.100. The van der Waals surface area contributed by atoms with E-state index in [1.54, 1.807) is 6.07 Å². The van der Waals surface area contributed by atoms with Crippen molar-refractivity contribution in [1.82, 2.24) is 20.6 Å². The molecule has 1 atom stereocenters. The number of rotatable bonds is 12. The van der Waals surface area contributed by atoms with Crippen LogP contribution in [-0.2, 0) is 21.4 Å². The molecule has 1 aliphatic heterocycles. The summed E-state index contributed by atoms with van der Waals surface area (Å²) in [6.07, 6.45) is 14.9. The van der Waals surface area contributed by atoms with E-state index in [0.717, 1.165) is 52.5 Å². The average Bonchev–Trinajstić information content (AvgIpc) is 3.60. The fourth-order valence-corrected chi connectivity index (χ4v) is 8.20. The van der Waals surface area contributed by atoms with E-state index in [4.69, 9.17) is 5.11 Å². The van der Waals surface area contributed by atoms with Crippen LogP contribution in [-0.4, -0.2) is 58.5 Å². The second-order valence-electron chi connectivity index (χ2n) is 14.6. The van der Waals surface area contributed by atoms with Crippen molar-refractivity contribution in [2.24, 2.45) is 17.8 Å². The van der Waals surface area contributed by atoms with E-state index in [9.17, 15) is 14.4 Å². The van der Waals surface area contributed by atoms with Gasteiger partial charge in [-0.05, 0) is 66.5 Å². The molecule has 2 aliphatic rings. The second kappa shape index (κ2) is 16.1. The van der Waals surface area contributed by atoms with Crippen LogP contribution >= 0.6 is 11.3 Å². The lowest BCUT2D eigenvalue weighted by Gasteiger charge is -2.39. The molecule has 0 unspecified atom stereocenters. The first-order valence-corrected chi connectivity index (χ1v) is 18.4. The number of aromatic nitrogens is 2. The normalized spacial score (nSPS) is 19.5. The number of amides is 2. The highest BCUT2D eigenvalue weighted by Crippen LogP contribution is 2.39. The van der Waals surface area contributed by atoms with Crippen LogP contribution in [0.5, 0.6) is 0 Å². The van der Waals surface area contributed by atoms with E-state index in [0.29, 0.717) is 10.7 Å². The number of thiophene rings is 1. The van der Waals surface area contributed by atoms with Crippen molar-refractivity contribution in [3.05, 3.63) is 64.1 Å². The molecule has 0 spiro atoms. The molecule has 1 saturated carbocycles. The number of anilines is 1. The predicted octanol–water partition coefficient (Wildman–Crippen LogP) is 6.87. The third-order valence-corrected chi connectivity index (χ3v) is 11.6. The van der Waals surface area contributed by atoms with Gasteiger partial charge in [0.2, 0.25) is 5.91 Å². The zero-order chi connectivity index (χ0) is 34.3. The first-order chi connectivity index (χ1) is 23.0. The van der Waals surface area contributed by atoms with Crippen LogP contribution < -0.4 is 15.5 Å². The summed E-state index contributed by atoms with van der Waals surface area (Å²) in [7, 11) is 0. The van der Waals surface area contributed by atoms with Gasteiger partial charge in [0.1, 0.15) is 12.6 Å². The molecule has 3 N–H and O–H groups in total. The van der Waals surface area contributed by atoms with Crippen molar-refractivity contribution in [2.75, 3.05) is 24.5 Å². The van der Waals surface area contributed by atoms with Gasteiger partial charge in [0.25, 0.3) is 5.91 Å². The molecule has 5 rings (SSSR count). The number of carboxylic acid groups (broad SMARTS) is 1. The monoisotopic (exact) mass is 673 g/mol. The Kier molecular flexibility index (Phi) is 11.9. The first kappa shape index (κ1) is 35.5. The standard InChI is InChI=1S/C38H51N5O4S/c1-5-6-25-7-11-27(12-8-25)28-17-19-43(20-18-28)30-22-39-35(40-23-30)29-13-9-26(10-14-29)21-31(36(46)41-24-34(44)45)42-37(47)32-15-16-33(48-32)38(2,3)4/h9-10,13-16,22-23,25,27-28,31H,5-8,11-12,17-21,24H2,1-4H3,(H,41,46)(H,42,47)(H,44,45)/t25-,27-,31-/m0/s1. The van der Waals surface area contributed by atoms with E-state index >= 15 is 0 Å². The maximum Gasteiger partial charge on any atom is 0.322 e. The number of carboxylic acids is 1. The number of benzene rings is 1. The van der Waals surface area contributed by atoms with Crippen molar-refractivity contribution in [1.29, 1.82) is 0 Å². The summed E-state index contributed by atoms with van der Waals surface area (Å²) in [5.74, 6) is 1.26. The number of hydrogen-bond donors (Lipinski definition) is 3. The molecule has 3 heterocycles. The Morgan fingerprint density at radius 1 is 0.938 bits per heavy atom. The number of hydrogen-bond acceptors (Lipinski definition) is 7. The molecule has 0 radical (unpaired) electrons. The van der Waals surface area contributed by atoms with Gasteiger partial charge in [-0.3, -0.25) is 14.4 Å². The molecule has 1 aliphatic carbocycles. The number of nitrogens with zero attached hydrogens (tertiary/aromatic N) is 3. The molecule has 2 aromatic heterocycles. The third-order valence-electron chi connectivity index (χ3n) is 10.1. The van der Waals surface area contributed by atoms with Gasteiger partial charge in [-0.25, -0.2) is 9.97 Å². The van der Waals surface area contributed by atoms with Crippen LogP contribution in [0.2, 0.25) is 0 Å². The molecule has 2 fully saturated rings. The van der Waals surface area contributed by atoms with Gasteiger partial charge in [0.15, 0.2) is 5.82 Å². The van der Waals surface area contributed by atoms with Gasteiger partial charge in [0, 0.05) is 30.0 Å². The quantitative estimate of drug-likeness (QED) is 0.192. The Morgan fingerprint density at radius 2 is 1.58 bits per heavy atom. The van der Waals surface area contributed by atoms with Gasteiger partial charge >= 0.3 is 5.97 Å². The summed E-state index contributed by atoms with van der Waals surface area (Å²) in [6, 6.07) is 10.3. The number of carbonyl (C=O) groups excluding carboxylic acids is 2. The molecular weight excluding hydrogens is 623 g/mol. The molecule has 258 valence electrons. The highest BCUT2D eigenvalue weighted by atomic mass is 32.1. The lowest BCUT2D eigenvalue weighted by molar-refractivity contribution is -0.138. The minimum atomic E-state index is -1.15. The molecule has 1 saturated heterocycles. The molecule has 9 nitrogen and oxygen atoms in total. The summed E-state index contributed by atoms with van der Waals surface area (Å²) >= 11 is 1.39. The lowest BCUT2D eigenvalue weighted by Crippen LogP contribution is -2.49. The van der Waals surface area contributed by atoms with Crippen molar-refractivity contribution in [3.63, 3.8) is 0 Å². The van der Waals surface area contributed by atoms with E-state index in [1.165, 1.54) is 62.7 Å². The Labute approximate surface area is 289 Å². The molecule has 1 aromatic carbocycles. The smallest absolute Gasteiger partial charge is 0.322 e. The highest BCUT2D eigenvalue weighted by Gasteiger charge is 2.30. The molecule has 48 heavy (non-hydrogen) atoms. The fraction of sp³-hybridized carbons (Fsp3) is 0.553. The van der Waals surface area contributed by atoms with Crippen molar-refractivity contribution in [3.8, 4) is 11.4 Å². The molecular formula is C38H51N5O4S. The fourth-order valence-electron chi connectivity index (χ4n) is 7.23. The van der Waals surface area contributed by atoms with Crippen LogP contribution in [0.25, 0.3) is 11.4 Å². The average molecular weight is 674 g/mol. The van der Waals surface area contributed by atoms with E-state index in [-0.39, 0.29) is 17.7 Å². The summed E-state index contributed by atoms with van der Waals surface area (Å²) in [6.45, 7) is 10.1. The zero-order valence-electron chi connectivity index (χ0n) is 28.8. The topological polar surface area (TPSA) is 125 Å². The molecule has 0 bridgehead atoms. The summed E-state index contributed by atoms with van der Waals surface area (Å²) in [4.78, 5) is 50.5. The van der Waals surface area contributed by atoms with Gasteiger partial charge in [-0.15, -0.1) is 11.3 Å². The predicted molar refractivity (Wildman–Crippen MR) is 191 cm³/mol. The van der Waals surface area contributed by atoms with Crippen molar-refractivity contribution >= 4 is 34.8 Å². The number of piperidine rings is 1. The Hall–Kier alpha value is -3.79. The Bertz CT molecular complexity index is 1520. The number of nitrogens with one attached hydrogen (secondary N) is 2. The first-order valence-electron chi connectivity index (χ1n) is 17.6. The van der Waals surface area contributed by atoms with Crippen LogP contribution in [0, 0.1) is 17.8 Å². The highest BCUT2D eigenvalue weighted by molar-refractivity contribution is 7.14. The van der Waals surface area contributed by atoms with E-state index < -0.39 is 24.5 Å². The number of aliphatic carboxylic acids is 1. The molecule has 3 aromatic rings. The maximum absolute atomic E-state index is 13.1. The van der Waals surface area contributed by atoms with Crippen LogP contribution in [0.3, 0.4) is 0 Å². The molecule has 2 amide bonds. The van der Waals surface area contributed by atoms with E-state index in [2.05, 4.69) is 53.2 Å². The van der Waals surface area contributed by atoms with Crippen LogP contribution in [0.15, 0.2) is 48.8 Å². The third kappa shape index (κ3) is 9.43. The summed E-state index contributed by atoms with van der Waals surface area (Å²) in [5, 5.41) is 14.3. The Morgan fingerprint density at radius 3 is 2.17 bits per heavy atom. The van der Waals surface area contributed by atoms with E-state index in [1.807, 2.05) is 42.7 Å². The summed E-state index contributed by atoms with van der Waals surface area (Å²) < 4.78 is 0. The second-order valence-corrected chi connectivity index (χ2v) is 15.7.